The third-order valence-corrected chi connectivity index (χ3v) is 7.05. The Hall–Kier alpha value is -3.14. The number of nitrogens with one attached hydrogen (secondary N) is 1. The van der Waals surface area contributed by atoms with E-state index in [1.807, 2.05) is 4.90 Å². The van der Waals surface area contributed by atoms with E-state index in [0.717, 1.165) is 0 Å². The standard InChI is InChI=1S/C26H27Cl2FN4O4/c1-3-37-25(35)22-21(31(2)26(36)30-23(22)17-9-8-16(27)14-19(17)28)15-32-10-12-33(13-11-32)24(34)18-6-4-5-7-20(18)29/h4-9,14,23H,3,10-13,15H2,1-2H3,(H,30,36)/t23-/m1/s1. The molecule has 0 unspecified atom stereocenters. The molecule has 4 rings (SSSR count). The molecule has 0 radical (unpaired) electrons. The number of urea groups is 1. The highest BCUT2D eigenvalue weighted by molar-refractivity contribution is 6.35. The highest BCUT2D eigenvalue weighted by atomic mass is 35.5. The van der Waals surface area contributed by atoms with E-state index < -0.39 is 23.9 Å². The number of benzene rings is 2. The molecule has 8 nitrogen and oxygen atoms in total. The molecule has 2 aromatic carbocycles. The van der Waals surface area contributed by atoms with Crippen LogP contribution in [-0.2, 0) is 9.53 Å². The number of likely N-dealkylation sites (N-methyl/N-ethyl adjacent to an activating group) is 1. The van der Waals surface area contributed by atoms with Crippen LogP contribution < -0.4 is 5.32 Å². The minimum absolute atomic E-state index is 0.0367. The summed E-state index contributed by atoms with van der Waals surface area (Å²) in [6.45, 7) is 3.82. The fraction of sp³-hybridized carbons (Fsp3) is 0.346. The van der Waals surface area contributed by atoms with Crippen molar-refractivity contribution >= 4 is 41.1 Å². The first-order valence-corrected chi connectivity index (χ1v) is 12.6. The van der Waals surface area contributed by atoms with E-state index in [1.54, 1.807) is 49.2 Å². The second-order valence-electron chi connectivity index (χ2n) is 8.74. The van der Waals surface area contributed by atoms with Crippen LogP contribution in [0, 0.1) is 5.82 Å². The first-order chi connectivity index (χ1) is 17.7. The van der Waals surface area contributed by atoms with Crippen molar-refractivity contribution in [2.75, 3.05) is 46.4 Å². The smallest absolute Gasteiger partial charge is 0.338 e. The lowest BCUT2D eigenvalue weighted by Crippen LogP contribution is -2.53. The highest BCUT2D eigenvalue weighted by Crippen LogP contribution is 2.36. The molecule has 2 aromatic rings. The largest absolute Gasteiger partial charge is 0.463 e. The number of hydrogen-bond donors (Lipinski definition) is 1. The summed E-state index contributed by atoms with van der Waals surface area (Å²) >= 11 is 12.5. The van der Waals surface area contributed by atoms with Gasteiger partial charge in [-0.2, -0.15) is 0 Å². The summed E-state index contributed by atoms with van der Waals surface area (Å²) in [5.41, 5.74) is 1.31. The van der Waals surface area contributed by atoms with E-state index in [0.29, 0.717) is 47.5 Å². The lowest BCUT2D eigenvalue weighted by Gasteiger charge is -2.39. The van der Waals surface area contributed by atoms with E-state index in [1.165, 1.54) is 17.0 Å². The second kappa shape index (κ2) is 11.5. The van der Waals surface area contributed by atoms with Crippen LogP contribution in [0.2, 0.25) is 10.0 Å². The van der Waals surface area contributed by atoms with Crippen molar-refractivity contribution in [2.24, 2.45) is 0 Å². The van der Waals surface area contributed by atoms with Crippen molar-refractivity contribution in [3.8, 4) is 0 Å². The predicted octanol–water partition coefficient (Wildman–Crippen LogP) is 4.10. The molecule has 0 bridgehead atoms. The van der Waals surface area contributed by atoms with Gasteiger partial charge in [-0.25, -0.2) is 14.0 Å². The Morgan fingerprint density at radius 2 is 1.81 bits per heavy atom. The van der Waals surface area contributed by atoms with Crippen molar-refractivity contribution in [1.29, 1.82) is 0 Å². The van der Waals surface area contributed by atoms with Gasteiger partial charge >= 0.3 is 12.0 Å². The van der Waals surface area contributed by atoms with Gasteiger partial charge < -0.3 is 15.0 Å². The number of piperazine rings is 1. The molecule has 0 saturated carbocycles. The molecule has 0 aliphatic carbocycles. The Morgan fingerprint density at radius 3 is 2.46 bits per heavy atom. The Kier molecular flexibility index (Phi) is 8.36. The maximum Gasteiger partial charge on any atom is 0.338 e. The van der Waals surface area contributed by atoms with Crippen LogP contribution in [0.1, 0.15) is 28.9 Å². The number of carbonyl (C=O) groups is 3. The van der Waals surface area contributed by atoms with Crippen molar-refractivity contribution in [3.63, 3.8) is 0 Å². The van der Waals surface area contributed by atoms with E-state index >= 15 is 0 Å². The second-order valence-corrected chi connectivity index (χ2v) is 9.58. The summed E-state index contributed by atoms with van der Waals surface area (Å²) in [6, 6.07) is 9.55. The Labute approximate surface area is 224 Å². The maximum atomic E-state index is 14.1. The number of nitrogens with zero attached hydrogens (tertiary/aromatic N) is 3. The molecule has 1 N–H and O–H groups in total. The van der Waals surface area contributed by atoms with Crippen molar-refractivity contribution in [2.45, 2.75) is 13.0 Å². The van der Waals surface area contributed by atoms with Crippen LogP contribution in [0.4, 0.5) is 9.18 Å². The molecule has 1 fully saturated rings. The zero-order valence-corrected chi connectivity index (χ0v) is 22.0. The summed E-state index contributed by atoms with van der Waals surface area (Å²) < 4.78 is 19.5. The molecule has 3 amide bonds. The Morgan fingerprint density at radius 1 is 1.11 bits per heavy atom. The molecule has 2 aliphatic rings. The Balaban J connectivity index is 1.59. The van der Waals surface area contributed by atoms with Gasteiger partial charge in [-0.1, -0.05) is 41.4 Å². The van der Waals surface area contributed by atoms with Crippen molar-refractivity contribution < 1.29 is 23.5 Å². The molecule has 0 aromatic heterocycles. The van der Waals surface area contributed by atoms with Crippen molar-refractivity contribution in [3.05, 3.63) is 80.7 Å². The number of carbonyl (C=O) groups excluding carboxylic acids is 3. The lowest BCUT2D eigenvalue weighted by atomic mass is 9.94. The number of amides is 3. The molecule has 1 atom stereocenters. The number of ether oxygens (including phenoxy) is 1. The average Bonchev–Trinajstić information content (AvgIpc) is 2.87. The van der Waals surface area contributed by atoms with E-state index in [4.69, 9.17) is 27.9 Å². The minimum atomic E-state index is -0.827. The van der Waals surface area contributed by atoms with Crippen LogP contribution in [-0.4, -0.2) is 79.0 Å². The number of halogens is 3. The van der Waals surface area contributed by atoms with Gasteiger partial charge in [0.2, 0.25) is 0 Å². The van der Waals surface area contributed by atoms with Gasteiger partial charge in [0.15, 0.2) is 0 Å². The molecular formula is C26H27Cl2FN4O4. The van der Waals surface area contributed by atoms with Gasteiger partial charge in [-0.05, 0) is 36.8 Å². The van der Waals surface area contributed by atoms with Crippen LogP contribution in [0.15, 0.2) is 53.7 Å². The molecule has 0 spiro atoms. The fourth-order valence-electron chi connectivity index (χ4n) is 4.49. The first-order valence-electron chi connectivity index (χ1n) is 11.9. The van der Waals surface area contributed by atoms with Gasteiger partial charge in [0.1, 0.15) is 5.82 Å². The number of rotatable bonds is 6. The predicted molar refractivity (Wildman–Crippen MR) is 138 cm³/mol. The number of hydrogen-bond acceptors (Lipinski definition) is 5. The van der Waals surface area contributed by atoms with Gasteiger partial charge in [-0.3, -0.25) is 14.6 Å². The summed E-state index contributed by atoms with van der Waals surface area (Å²) in [5, 5.41) is 3.58. The summed E-state index contributed by atoms with van der Waals surface area (Å²) in [4.78, 5) is 43.9. The molecule has 2 heterocycles. The van der Waals surface area contributed by atoms with Gasteiger partial charge in [0.25, 0.3) is 5.91 Å². The summed E-state index contributed by atoms with van der Waals surface area (Å²) in [6.07, 6.45) is 0. The average molecular weight is 549 g/mol. The first kappa shape index (κ1) is 26.9. The van der Waals surface area contributed by atoms with Crippen molar-refractivity contribution in [1.82, 2.24) is 20.0 Å². The van der Waals surface area contributed by atoms with E-state index in [-0.39, 0.29) is 30.2 Å². The third-order valence-electron chi connectivity index (χ3n) is 6.48. The summed E-state index contributed by atoms with van der Waals surface area (Å²) in [5.74, 6) is -1.48. The van der Waals surface area contributed by atoms with Crippen LogP contribution in [0.5, 0.6) is 0 Å². The summed E-state index contributed by atoms with van der Waals surface area (Å²) in [7, 11) is 1.58. The quantitative estimate of drug-likeness (QED) is 0.549. The molecular weight excluding hydrogens is 522 g/mol. The van der Waals surface area contributed by atoms with E-state index in [2.05, 4.69) is 5.32 Å². The normalized spacial score (nSPS) is 18.6. The molecule has 2 aliphatic heterocycles. The van der Waals surface area contributed by atoms with Crippen LogP contribution in [0.25, 0.3) is 0 Å². The molecule has 37 heavy (non-hydrogen) atoms. The third kappa shape index (κ3) is 5.74. The monoisotopic (exact) mass is 548 g/mol. The molecule has 196 valence electrons. The zero-order chi connectivity index (χ0) is 26.7. The molecule has 11 heteroatoms. The van der Waals surface area contributed by atoms with Crippen LogP contribution >= 0.6 is 23.2 Å². The fourth-order valence-corrected chi connectivity index (χ4v) is 5.01. The topological polar surface area (TPSA) is 82.2 Å². The van der Waals surface area contributed by atoms with Gasteiger partial charge in [0, 0.05) is 55.5 Å². The zero-order valence-electron chi connectivity index (χ0n) is 20.5. The SMILES string of the molecule is CCOC(=O)C1=C(CN2CCN(C(=O)c3ccccc3F)CC2)N(C)C(=O)N[C@@H]1c1ccc(Cl)cc1Cl. The van der Waals surface area contributed by atoms with Crippen LogP contribution in [0.3, 0.4) is 0 Å². The molecule has 1 saturated heterocycles. The minimum Gasteiger partial charge on any atom is -0.463 e. The van der Waals surface area contributed by atoms with E-state index in [9.17, 15) is 18.8 Å². The lowest BCUT2D eigenvalue weighted by molar-refractivity contribution is -0.139. The van der Waals surface area contributed by atoms with Gasteiger partial charge in [0.05, 0.1) is 23.8 Å². The maximum absolute atomic E-state index is 14.1. The highest BCUT2D eigenvalue weighted by Gasteiger charge is 2.38. The number of esters is 1. The Bertz CT molecular complexity index is 1250. The van der Waals surface area contributed by atoms with Gasteiger partial charge in [-0.15, -0.1) is 0 Å².